The zero-order valence-corrected chi connectivity index (χ0v) is 15.2. The lowest BCUT2D eigenvalue weighted by molar-refractivity contribution is -0.141. The second-order valence-electron chi connectivity index (χ2n) is 6.59. The maximum Gasteiger partial charge on any atom is 0.433 e. The highest BCUT2D eigenvalue weighted by Gasteiger charge is 2.33. The number of rotatable bonds is 4. The molecule has 3 rings (SSSR count). The summed E-state index contributed by atoms with van der Waals surface area (Å²) >= 11 is 0. The molecule has 0 saturated carbocycles. The minimum absolute atomic E-state index is 0.0273. The van der Waals surface area contributed by atoms with Gasteiger partial charge in [0.1, 0.15) is 11.5 Å². The number of carbonyl (C=O) groups excluding carboxylic acids is 1. The predicted octanol–water partition coefficient (Wildman–Crippen LogP) is 2.56. The molecule has 2 atom stereocenters. The Morgan fingerprint density at radius 1 is 1.41 bits per heavy atom. The molecular formula is C17H20F3N5O2. The summed E-state index contributed by atoms with van der Waals surface area (Å²) in [5.74, 6) is -0.273. The molecule has 3 heterocycles. The van der Waals surface area contributed by atoms with E-state index < -0.39 is 11.9 Å². The molecule has 1 aliphatic rings. The summed E-state index contributed by atoms with van der Waals surface area (Å²) in [6, 6.07) is 0.818. The van der Waals surface area contributed by atoms with Gasteiger partial charge in [-0.2, -0.15) is 18.3 Å². The molecule has 0 aromatic carbocycles. The van der Waals surface area contributed by atoms with Crippen LogP contribution in [-0.4, -0.2) is 50.7 Å². The number of nitrogens with one attached hydrogen (secondary N) is 1. The minimum atomic E-state index is -4.52. The number of ether oxygens (including phenoxy) is 1. The van der Waals surface area contributed by atoms with Gasteiger partial charge < -0.3 is 9.64 Å². The normalized spacial score (nSPS) is 19.6. The van der Waals surface area contributed by atoms with Crippen molar-refractivity contribution in [1.82, 2.24) is 25.1 Å². The summed E-state index contributed by atoms with van der Waals surface area (Å²) < 4.78 is 43.9. The van der Waals surface area contributed by atoms with Crippen LogP contribution in [0.2, 0.25) is 0 Å². The Morgan fingerprint density at radius 3 is 2.85 bits per heavy atom. The number of hydrogen-bond donors (Lipinski definition) is 1. The fourth-order valence-corrected chi connectivity index (χ4v) is 3.08. The average Bonchev–Trinajstić information content (AvgIpc) is 3.02. The first-order chi connectivity index (χ1) is 12.7. The molecule has 146 valence electrons. The summed E-state index contributed by atoms with van der Waals surface area (Å²) in [7, 11) is 1.57. The van der Waals surface area contributed by atoms with E-state index in [4.69, 9.17) is 4.74 Å². The van der Waals surface area contributed by atoms with E-state index in [0.29, 0.717) is 12.1 Å². The van der Waals surface area contributed by atoms with Crippen LogP contribution in [0.4, 0.5) is 13.2 Å². The molecule has 2 aromatic heterocycles. The van der Waals surface area contributed by atoms with Gasteiger partial charge in [0.05, 0.1) is 17.9 Å². The summed E-state index contributed by atoms with van der Waals surface area (Å²) in [5, 5.41) is 6.99. The van der Waals surface area contributed by atoms with Gasteiger partial charge in [0.15, 0.2) is 5.69 Å². The van der Waals surface area contributed by atoms with Crippen molar-refractivity contribution < 1.29 is 22.7 Å². The monoisotopic (exact) mass is 383 g/mol. The summed E-state index contributed by atoms with van der Waals surface area (Å²) in [6.07, 6.45) is -2.98. The lowest BCUT2D eigenvalue weighted by Crippen LogP contribution is -2.31. The number of likely N-dealkylation sites (N-methyl/N-ethyl adjacent to an activating group) is 1. The van der Waals surface area contributed by atoms with Crippen molar-refractivity contribution in [2.75, 3.05) is 13.6 Å². The van der Waals surface area contributed by atoms with Crippen molar-refractivity contribution in [1.29, 1.82) is 0 Å². The van der Waals surface area contributed by atoms with Crippen LogP contribution in [-0.2, 0) is 23.8 Å². The molecule has 1 amide bonds. The lowest BCUT2D eigenvalue weighted by atomic mass is 9.99. The highest BCUT2D eigenvalue weighted by atomic mass is 19.4. The molecule has 0 saturated heterocycles. The van der Waals surface area contributed by atoms with E-state index in [-0.39, 0.29) is 36.9 Å². The second kappa shape index (κ2) is 7.26. The SMILES string of the molecule is C[C@@H]1Cc2c(C(=O)N(C)CCc3nccc(C(F)(F)F)n3)n[nH]c2[C@H](C)O1. The van der Waals surface area contributed by atoms with Crippen LogP contribution in [0.5, 0.6) is 0 Å². The smallest absolute Gasteiger partial charge is 0.369 e. The van der Waals surface area contributed by atoms with Crippen molar-refractivity contribution in [3.05, 3.63) is 40.7 Å². The third-order valence-corrected chi connectivity index (χ3v) is 4.45. The van der Waals surface area contributed by atoms with Crippen LogP contribution >= 0.6 is 0 Å². The Balaban J connectivity index is 1.69. The van der Waals surface area contributed by atoms with Gasteiger partial charge in [-0.05, 0) is 19.9 Å². The Bertz CT molecular complexity index is 836. The molecule has 0 fully saturated rings. The fraction of sp³-hybridized carbons (Fsp3) is 0.529. The number of carbonyl (C=O) groups is 1. The summed E-state index contributed by atoms with van der Waals surface area (Å²) in [5.41, 5.74) is 0.935. The summed E-state index contributed by atoms with van der Waals surface area (Å²) in [4.78, 5) is 21.5. The van der Waals surface area contributed by atoms with Gasteiger partial charge in [0.2, 0.25) is 0 Å². The van der Waals surface area contributed by atoms with E-state index in [1.165, 1.54) is 4.90 Å². The topological polar surface area (TPSA) is 84.0 Å². The molecule has 1 N–H and O–H groups in total. The Morgan fingerprint density at radius 2 is 2.15 bits per heavy atom. The van der Waals surface area contributed by atoms with E-state index in [2.05, 4.69) is 20.2 Å². The molecule has 0 unspecified atom stereocenters. The largest absolute Gasteiger partial charge is 0.433 e. The maximum absolute atomic E-state index is 12.7. The fourth-order valence-electron chi connectivity index (χ4n) is 3.08. The third-order valence-electron chi connectivity index (χ3n) is 4.45. The van der Waals surface area contributed by atoms with E-state index in [0.717, 1.165) is 23.5 Å². The standard InChI is InChI=1S/C17H20F3N5O2/c1-9-8-11-14(10(2)27-9)23-24-15(11)16(26)25(3)7-5-13-21-6-4-12(22-13)17(18,19)20/h4,6,9-10H,5,7-8H2,1-3H3,(H,23,24)/t9-,10+/m1/s1. The Kier molecular flexibility index (Phi) is 5.18. The molecular weight excluding hydrogens is 363 g/mol. The number of nitrogens with zero attached hydrogens (tertiary/aromatic N) is 4. The second-order valence-corrected chi connectivity index (χ2v) is 6.59. The van der Waals surface area contributed by atoms with Crippen molar-refractivity contribution in [3.63, 3.8) is 0 Å². The molecule has 0 spiro atoms. The number of aromatic nitrogens is 4. The number of halogens is 3. The molecule has 7 nitrogen and oxygen atoms in total. The highest BCUT2D eigenvalue weighted by Crippen LogP contribution is 2.30. The first-order valence-electron chi connectivity index (χ1n) is 8.54. The Labute approximate surface area is 154 Å². The van der Waals surface area contributed by atoms with Crippen LogP contribution < -0.4 is 0 Å². The molecule has 2 aromatic rings. The maximum atomic E-state index is 12.7. The zero-order chi connectivity index (χ0) is 19.8. The summed E-state index contributed by atoms with van der Waals surface area (Å²) in [6.45, 7) is 3.98. The van der Waals surface area contributed by atoms with Gasteiger partial charge in [-0.3, -0.25) is 9.89 Å². The van der Waals surface area contributed by atoms with E-state index >= 15 is 0 Å². The number of hydrogen-bond acceptors (Lipinski definition) is 5. The quantitative estimate of drug-likeness (QED) is 0.877. The first kappa shape index (κ1) is 19.3. The van der Waals surface area contributed by atoms with E-state index in [9.17, 15) is 18.0 Å². The number of H-pyrrole nitrogens is 1. The predicted molar refractivity (Wildman–Crippen MR) is 89.0 cm³/mol. The zero-order valence-electron chi connectivity index (χ0n) is 15.2. The van der Waals surface area contributed by atoms with Crippen LogP contribution in [0.25, 0.3) is 0 Å². The van der Waals surface area contributed by atoms with E-state index in [1.54, 1.807) is 7.05 Å². The molecule has 0 aliphatic carbocycles. The van der Waals surface area contributed by atoms with Gasteiger partial charge in [-0.25, -0.2) is 9.97 Å². The van der Waals surface area contributed by atoms with Crippen LogP contribution in [0, 0.1) is 0 Å². The average molecular weight is 383 g/mol. The van der Waals surface area contributed by atoms with Gasteiger partial charge >= 0.3 is 6.18 Å². The molecule has 0 radical (unpaired) electrons. The van der Waals surface area contributed by atoms with E-state index in [1.807, 2.05) is 13.8 Å². The van der Waals surface area contributed by atoms with Crippen molar-refractivity contribution in [2.45, 2.75) is 45.1 Å². The number of amides is 1. The molecule has 1 aliphatic heterocycles. The Hall–Kier alpha value is -2.49. The van der Waals surface area contributed by atoms with Crippen LogP contribution in [0.15, 0.2) is 12.3 Å². The lowest BCUT2D eigenvalue weighted by Gasteiger charge is -2.25. The molecule has 10 heteroatoms. The number of fused-ring (bicyclic) bond motifs is 1. The van der Waals surface area contributed by atoms with Crippen molar-refractivity contribution in [2.24, 2.45) is 0 Å². The van der Waals surface area contributed by atoms with Gasteiger partial charge in [-0.1, -0.05) is 0 Å². The third kappa shape index (κ3) is 4.10. The molecule has 0 bridgehead atoms. The minimum Gasteiger partial charge on any atom is -0.369 e. The van der Waals surface area contributed by atoms with Crippen LogP contribution in [0.3, 0.4) is 0 Å². The first-order valence-corrected chi connectivity index (χ1v) is 8.54. The van der Waals surface area contributed by atoms with Gasteiger partial charge in [0, 0.05) is 38.2 Å². The number of alkyl halides is 3. The van der Waals surface area contributed by atoms with Crippen molar-refractivity contribution in [3.8, 4) is 0 Å². The highest BCUT2D eigenvalue weighted by molar-refractivity contribution is 5.94. The number of aromatic amines is 1. The van der Waals surface area contributed by atoms with Gasteiger partial charge in [0.25, 0.3) is 5.91 Å². The van der Waals surface area contributed by atoms with Crippen LogP contribution in [0.1, 0.15) is 53.2 Å². The molecule has 27 heavy (non-hydrogen) atoms. The van der Waals surface area contributed by atoms with Gasteiger partial charge in [-0.15, -0.1) is 0 Å². The van der Waals surface area contributed by atoms with Crippen molar-refractivity contribution >= 4 is 5.91 Å².